The molecule has 1 aromatic carbocycles. The maximum absolute atomic E-state index is 12.1. The lowest BCUT2D eigenvalue weighted by atomic mass is 10.2. The zero-order valence-corrected chi connectivity index (χ0v) is 14.2. The first kappa shape index (κ1) is 16.9. The van der Waals surface area contributed by atoms with Crippen LogP contribution in [0.4, 0.5) is 11.5 Å². The van der Waals surface area contributed by atoms with E-state index in [1.165, 1.54) is 0 Å². The predicted octanol–water partition coefficient (Wildman–Crippen LogP) is 1.34. The van der Waals surface area contributed by atoms with Crippen LogP contribution in [0, 0.1) is 0 Å². The number of nitrogens with two attached hydrogens (primary N) is 1. The minimum atomic E-state index is -0.542. The number of anilines is 2. The van der Waals surface area contributed by atoms with Gasteiger partial charge in [-0.05, 0) is 36.8 Å². The highest BCUT2D eigenvalue weighted by Crippen LogP contribution is 2.31. The highest BCUT2D eigenvalue weighted by Gasteiger charge is 2.26. The highest BCUT2D eigenvalue weighted by molar-refractivity contribution is 6.24. The molecule has 1 saturated heterocycles. The van der Waals surface area contributed by atoms with Crippen LogP contribution in [0.5, 0.6) is 0 Å². The first-order valence-corrected chi connectivity index (χ1v) is 8.06. The fourth-order valence-corrected chi connectivity index (χ4v) is 3.11. The molecule has 1 aliphatic heterocycles. The number of amides is 2. The van der Waals surface area contributed by atoms with Crippen molar-refractivity contribution in [1.82, 2.24) is 9.78 Å². The molecule has 25 heavy (non-hydrogen) atoms. The molecule has 0 bridgehead atoms. The van der Waals surface area contributed by atoms with Gasteiger partial charge >= 0.3 is 0 Å². The molecule has 1 aliphatic rings. The summed E-state index contributed by atoms with van der Waals surface area (Å²) in [5, 5.41) is 5.08. The van der Waals surface area contributed by atoms with Crippen molar-refractivity contribution in [2.24, 2.45) is 12.8 Å². The number of carbonyl (C=O) groups excluding carboxylic acids is 2. The van der Waals surface area contributed by atoms with Gasteiger partial charge in [0.2, 0.25) is 0 Å². The monoisotopic (exact) mass is 339 g/mol. The van der Waals surface area contributed by atoms with Crippen molar-refractivity contribution < 1.29 is 9.59 Å². The molecule has 7 nitrogen and oxygen atoms in total. The molecule has 7 heteroatoms. The van der Waals surface area contributed by atoms with E-state index in [1.54, 1.807) is 11.7 Å². The molecule has 2 aromatic rings. The van der Waals surface area contributed by atoms with Crippen LogP contribution in [0.15, 0.2) is 43.5 Å². The van der Waals surface area contributed by atoms with Crippen molar-refractivity contribution in [3.05, 3.63) is 43.5 Å². The second-order valence-electron chi connectivity index (χ2n) is 6.06. The average Bonchev–Trinajstić information content (AvgIpc) is 3.18. The van der Waals surface area contributed by atoms with Crippen LogP contribution in [0.3, 0.4) is 0 Å². The van der Waals surface area contributed by atoms with Gasteiger partial charge in [0.05, 0.1) is 5.52 Å². The Labute approximate surface area is 146 Å². The summed E-state index contributed by atoms with van der Waals surface area (Å²) in [6, 6.07) is 6.01. The van der Waals surface area contributed by atoms with E-state index in [4.69, 9.17) is 5.73 Å². The number of hydrogen-bond acceptors (Lipinski definition) is 5. The molecule has 0 saturated carbocycles. The SMILES string of the molecule is C=CC(=O)N(C(=O)C=C)c1nn(C)c2cc(N3CC[C@@H](N)C3)ccc12. The number of aromatic nitrogens is 2. The Morgan fingerprint density at radius 2 is 2.00 bits per heavy atom. The van der Waals surface area contributed by atoms with Crippen molar-refractivity contribution in [3.8, 4) is 0 Å². The quantitative estimate of drug-likeness (QED) is 0.850. The maximum atomic E-state index is 12.1. The zero-order chi connectivity index (χ0) is 18.1. The summed E-state index contributed by atoms with van der Waals surface area (Å²) in [6.07, 6.45) is 3.13. The van der Waals surface area contributed by atoms with Gasteiger partial charge in [0, 0.05) is 37.3 Å². The molecule has 2 heterocycles. The van der Waals surface area contributed by atoms with Crippen LogP contribution >= 0.6 is 0 Å². The second-order valence-corrected chi connectivity index (χ2v) is 6.06. The largest absolute Gasteiger partial charge is 0.370 e. The molecule has 0 aliphatic carbocycles. The van der Waals surface area contributed by atoms with Gasteiger partial charge in [0.25, 0.3) is 11.8 Å². The van der Waals surface area contributed by atoms with E-state index in [9.17, 15) is 9.59 Å². The van der Waals surface area contributed by atoms with Gasteiger partial charge in [-0.25, -0.2) is 4.90 Å². The Morgan fingerprint density at radius 3 is 2.56 bits per heavy atom. The van der Waals surface area contributed by atoms with Gasteiger partial charge in [-0.15, -0.1) is 0 Å². The number of rotatable bonds is 4. The molecule has 0 radical (unpaired) electrons. The minimum absolute atomic E-state index is 0.184. The summed E-state index contributed by atoms with van der Waals surface area (Å²) in [5.41, 5.74) is 7.86. The van der Waals surface area contributed by atoms with Crippen molar-refractivity contribution in [2.45, 2.75) is 12.5 Å². The molecule has 0 unspecified atom stereocenters. The first-order chi connectivity index (χ1) is 12.0. The smallest absolute Gasteiger partial charge is 0.258 e. The van der Waals surface area contributed by atoms with E-state index in [2.05, 4.69) is 23.2 Å². The molecule has 1 atom stereocenters. The molecule has 2 amide bonds. The third-order valence-electron chi connectivity index (χ3n) is 4.41. The van der Waals surface area contributed by atoms with Crippen molar-refractivity contribution in [3.63, 3.8) is 0 Å². The van der Waals surface area contributed by atoms with Gasteiger partial charge in [-0.1, -0.05) is 13.2 Å². The number of nitrogens with zero attached hydrogens (tertiary/aromatic N) is 4. The van der Waals surface area contributed by atoms with Gasteiger partial charge in [0.15, 0.2) is 5.82 Å². The van der Waals surface area contributed by atoms with Gasteiger partial charge in [-0.3, -0.25) is 14.3 Å². The van der Waals surface area contributed by atoms with Crippen molar-refractivity contribution in [1.29, 1.82) is 0 Å². The Bertz CT molecular complexity index is 850. The molecule has 3 rings (SSSR count). The second kappa shape index (κ2) is 6.52. The highest BCUT2D eigenvalue weighted by atomic mass is 16.2. The molecular weight excluding hydrogens is 318 g/mol. The predicted molar refractivity (Wildman–Crippen MR) is 98.4 cm³/mol. The lowest BCUT2D eigenvalue weighted by molar-refractivity contribution is -0.121. The van der Waals surface area contributed by atoms with Crippen molar-refractivity contribution >= 4 is 34.2 Å². The number of carbonyl (C=O) groups is 2. The third kappa shape index (κ3) is 2.94. The normalized spacial score (nSPS) is 16.9. The standard InChI is InChI=1S/C18H21N5O2/c1-4-16(24)23(17(25)5-2)18-14-7-6-13(10-15(14)21(3)20-18)22-9-8-12(19)11-22/h4-7,10,12H,1-2,8-9,11,19H2,3H3/t12-/m1/s1. The lowest BCUT2D eigenvalue weighted by Gasteiger charge is -2.18. The topological polar surface area (TPSA) is 84.5 Å². The number of benzene rings is 1. The molecule has 1 aromatic heterocycles. The van der Waals surface area contributed by atoms with Gasteiger partial charge in [-0.2, -0.15) is 5.10 Å². The van der Waals surface area contributed by atoms with E-state index >= 15 is 0 Å². The van der Waals surface area contributed by atoms with Crippen LogP contribution < -0.4 is 15.5 Å². The summed E-state index contributed by atoms with van der Waals surface area (Å²) in [5.74, 6) is -0.809. The van der Waals surface area contributed by atoms with E-state index in [1.807, 2.05) is 18.2 Å². The van der Waals surface area contributed by atoms with Gasteiger partial charge < -0.3 is 10.6 Å². The van der Waals surface area contributed by atoms with Crippen LogP contribution in [-0.4, -0.2) is 40.7 Å². The van der Waals surface area contributed by atoms with Crippen LogP contribution in [0.25, 0.3) is 10.9 Å². The Kier molecular flexibility index (Phi) is 4.41. The first-order valence-electron chi connectivity index (χ1n) is 8.06. The summed E-state index contributed by atoms with van der Waals surface area (Å²) in [4.78, 5) is 27.5. The Balaban J connectivity index is 2.08. The third-order valence-corrected chi connectivity index (χ3v) is 4.41. The zero-order valence-electron chi connectivity index (χ0n) is 14.2. The molecule has 130 valence electrons. The Morgan fingerprint density at radius 1 is 1.32 bits per heavy atom. The van der Waals surface area contributed by atoms with Crippen LogP contribution in [-0.2, 0) is 16.6 Å². The van der Waals surface area contributed by atoms with E-state index in [-0.39, 0.29) is 11.9 Å². The van der Waals surface area contributed by atoms with Gasteiger partial charge in [0.1, 0.15) is 0 Å². The molecular formula is C18H21N5O2. The van der Waals surface area contributed by atoms with Crippen LogP contribution in [0.2, 0.25) is 0 Å². The maximum Gasteiger partial charge on any atom is 0.258 e. The number of imide groups is 1. The lowest BCUT2D eigenvalue weighted by Crippen LogP contribution is -2.34. The fourth-order valence-electron chi connectivity index (χ4n) is 3.11. The Hall–Kier alpha value is -2.93. The summed E-state index contributed by atoms with van der Waals surface area (Å²) in [7, 11) is 1.78. The van der Waals surface area contributed by atoms with E-state index in [0.717, 1.165) is 47.8 Å². The minimum Gasteiger partial charge on any atom is -0.370 e. The fraction of sp³-hybridized carbons (Fsp3) is 0.278. The number of fused-ring (bicyclic) bond motifs is 1. The van der Waals surface area contributed by atoms with E-state index < -0.39 is 11.8 Å². The van der Waals surface area contributed by atoms with Crippen molar-refractivity contribution in [2.75, 3.05) is 22.9 Å². The average molecular weight is 339 g/mol. The molecule has 0 spiro atoms. The van der Waals surface area contributed by atoms with Crippen LogP contribution in [0.1, 0.15) is 6.42 Å². The number of hydrogen-bond donors (Lipinski definition) is 1. The number of aryl methyl sites for hydroxylation is 1. The summed E-state index contributed by atoms with van der Waals surface area (Å²) < 4.78 is 1.66. The van der Waals surface area contributed by atoms with E-state index in [0.29, 0.717) is 5.39 Å². The summed E-state index contributed by atoms with van der Waals surface area (Å²) >= 11 is 0. The molecule has 2 N–H and O–H groups in total. The summed E-state index contributed by atoms with van der Waals surface area (Å²) in [6.45, 7) is 8.63. The molecule has 1 fully saturated rings.